The van der Waals surface area contributed by atoms with Crippen molar-refractivity contribution < 1.29 is 22.7 Å². The summed E-state index contributed by atoms with van der Waals surface area (Å²) in [5, 5.41) is 2.59. The second-order valence-electron chi connectivity index (χ2n) is 3.56. The predicted molar refractivity (Wildman–Crippen MR) is 60.2 cm³/mol. The van der Waals surface area contributed by atoms with Crippen molar-refractivity contribution in [3.05, 3.63) is 23.8 Å². The van der Waals surface area contributed by atoms with Gasteiger partial charge in [-0.3, -0.25) is 4.79 Å². The van der Waals surface area contributed by atoms with Crippen LogP contribution in [0.1, 0.15) is 23.7 Å². The molecule has 0 aromatic heterocycles. The monoisotopic (exact) mass is 262 g/mol. The lowest BCUT2D eigenvalue weighted by atomic mass is 10.1. The topological polar surface area (TPSA) is 64.3 Å². The molecule has 0 atom stereocenters. The van der Waals surface area contributed by atoms with Crippen LogP contribution in [0.25, 0.3) is 0 Å². The lowest BCUT2D eigenvalue weighted by Crippen LogP contribution is -2.24. The van der Waals surface area contributed by atoms with Crippen LogP contribution < -0.4 is 15.8 Å². The van der Waals surface area contributed by atoms with Crippen LogP contribution in [-0.2, 0) is 0 Å². The molecule has 0 heterocycles. The first-order chi connectivity index (χ1) is 8.33. The van der Waals surface area contributed by atoms with Gasteiger partial charge in [-0.25, -0.2) is 0 Å². The van der Waals surface area contributed by atoms with Crippen LogP contribution in [0.5, 0.6) is 5.75 Å². The third-order valence-electron chi connectivity index (χ3n) is 2.03. The van der Waals surface area contributed by atoms with Crippen LogP contribution in [0, 0.1) is 0 Å². The molecule has 1 aromatic carbocycles. The zero-order valence-corrected chi connectivity index (χ0v) is 9.67. The smallest absolute Gasteiger partial charge is 0.404 e. The van der Waals surface area contributed by atoms with E-state index in [4.69, 9.17) is 5.73 Å². The van der Waals surface area contributed by atoms with Gasteiger partial charge in [-0.05, 0) is 24.6 Å². The molecule has 1 rings (SSSR count). The summed E-state index contributed by atoms with van der Waals surface area (Å²) < 4.78 is 39.7. The zero-order valence-electron chi connectivity index (χ0n) is 9.67. The molecule has 0 saturated heterocycles. The number of benzene rings is 1. The third-order valence-corrected chi connectivity index (χ3v) is 2.03. The van der Waals surface area contributed by atoms with Gasteiger partial charge < -0.3 is 15.8 Å². The Labute approximate surface area is 102 Å². The summed E-state index contributed by atoms with van der Waals surface area (Å²) in [6.45, 7) is 2.37. The lowest BCUT2D eigenvalue weighted by Gasteiger charge is -2.12. The Morgan fingerprint density at radius 3 is 2.61 bits per heavy atom. The van der Waals surface area contributed by atoms with Crippen molar-refractivity contribution in [2.45, 2.75) is 19.7 Å². The highest BCUT2D eigenvalue weighted by atomic mass is 19.4. The first kappa shape index (κ1) is 14.1. The molecule has 0 bridgehead atoms. The highest BCUT2D eigenvalue weighted by Gasteiger charge is 2.32. The molecule has 100 valence electrons. The molecular weight excluding hydrogens is 249 g/mol. The molecule has 0 aliphatic heterocycles. The number of carbonyl (C=O) groups excluding carboxylic acids is 1. The fourth-order valence-electron chi connectivity index (χ4n) is 1.25. The molecule has 0 spiro atoms. The Balaban J connectivity index is 2.82. The summed E-state index contributed by atoms with van der Waals surface area (Å²) in [7, 11) is 0. The number of hydrogen-bond acceptors (Lipinski definition) is 3. The Hall–Kier alpha value is -1.92. The number of ether oxygens (including phenoxy) is 1. The lowest BCUT2D eigenvalue weighted by molar-refractivity contribution is -0.274. The van der Waals surface area contributed by atoms with Crippen LogP contribution in [0.2, 0.25) is 0 Å². The van der Waals surface area contributed by atoms with Gasteiger partial charge in [0.2, 0.25) is 0 Å². The van der Waals surface area contributed by atoms with Crippen molar-refractivity contribution in [3.8, 4) is 5.75 Å². The Kier molecular flexibility index (Phi) is 4.41. The summed E-state index contributed by atoms with van der Waals surface area (Å²) in [4.78, 5) is 11.5. The molecule has 7 heteroatoms. The maximum Gasteiger partial charge on any atom is 0.573 e. The molecule has 0 aliphatic rings. The SMILES string of the molecule is CCCNC(=O)c1ccc(OC(F)(F)F)c(N)c1. The number of nitrogen functional groups attached to an aromatic ring is 1. The van der Waals surface area contributed by atoms with Crippen molar-refractivity contribution >= 4 is 11.6 Å². The van der Waals surface area contributed by atoms with E-state index < -0.39 is 12.1 Å². The van der Waals surface area contributed by atoms with E-state index in [1.807, 2.05) is 6.92 Å². The van der Waals surface area contributed by atoms with E-state index in [1.54, 1.807) is 0 Å². The summed E-state index contributed by atoms with van der Waals surface area (Å²) in [5.74, 6) is -0.906. The molecule has 3 N–H and O–H groups in total. The summed E-state index contributed by atoms with van der Waals surface area (Å²) >= 11 is 0. The normalized spacial score (nSPS) is 11.1. The van der Waals surface area contributed by atoms with Gasteiger partial charge in [0.15, 0.2) is 5.75 Å². The van der Waals surface area contributed by atoms with Crippen LogP contribution in [0.4, 0.5) is 18.9 Å². The van der Waals surface area contributed by atoms with Crippen LogP contribution in [0.3, 0.4) is 0 Å². The standard InChI is InChI=1S/C11H13F3N2O2/c1-2-5-16-10(17)7-3-4-9(8(15)6-7)18-11(12,13)14/h3-4,6H,2,5,15H2,1H3,(H,16,17). The number of nitrogens with two attached hydrogens (primary N) is 1. The van der Waals surface area contributed by atoms with Gasteiger partial charge in [0.25, 0.3) is 5.91 Å². The van der Waals surface area contributed by atoms with Crippen molar-refractivity contribution in [2.75, 3.05) is 12.3 Å². The van der Waals surface area contributed by atoms with Gasteiger partial charge in [0.1, 0.15) is 0 Å². The fourth-order valence-corrected chi connectivity index (χ4v) is 1.25. The average Bonchev–Trinajstić information content (AvgIpc) is 2.27. The Morgan fingerprint density at radius 1 is 1.44 bits per heavy atom. The van der Waals surface area contributed by atoms with Gasteiger partial charge in [-0.15, -0.1) is 13.2 Å². The Morgan fingerprint density at radius 2 is 2.11 bits per heavy atom. The van der Waals surface area contributed by atoms with E-state index in [9.17, 15) is 18.0 Å². The molecule has 0 aliphatic carbocycles. The molecule has 1 aromatic rings. The highest BCUT2D eigenvalue weighted by Crippen LogP contribution is 2.28. The van der Waals surface area contributed by atoms with Crippen molar-refractivity contribution in [1.29, 1.82) is 0 Å². The van der Waals surface area contributed by atoms with Gasteiger partial charge in [-0.1, -0.05) is 6.92 Å². The van der Waals surface area contributed by atoms with E-state index in [2.05, 4.69) is 10.1 Å². The van der Waals surface area contributed by atoms with Gasteiger partial charge in [0, 0.05) is 12.1 Å². The van der Waals surface area contributed by atoms with Crippen molar-refractivity contribution in [3.63, 3.8) is 0 Å². The average molecular weight is 262 g/mol. The number of amides is 1. The maximum absolute atomic E-state index is 12.0. The van der Waals surface area contributed by atoms with E-state index in [0.29, 0.717) is 6.54 Å². The molecule has 0 saturated carbocycles. The minimum absolute atomic E-state index is 0.190. The number of alkyl halides is 3. The summed E-state index contributed by atoms with van der Waals surface area (Å²) in [6.07, 6.45) is -4.05. The molecule has 18 heavy (non-hydrogen) atoms. The largest absolute Gasteiger partial charge is 0.573 e. The molecule has 1 amide bonds. The number of halogens is 3. The number of rotatable bonds is 4. The molecule has 4 nitrogen and oxygen atoms in total. The molecule has 0 unspecified atom stereocenters. The van der Waals surface area contributed by atoms with E-state index in [-0.39, 0.29) is 17.2 Å². The highest BCUT2D eigenvalue weighted by molar-refractivity contribution is 5.95. The molecule has 0 radical (unpaired) electrons. The second-order valence-corrected chi connectivity index (χ2v) is 3.56. The fraction of sp³-hybridized carbons (Fsp3) is 0.364. The Bertz CT molecular complexity index is 433. The summed E-state index contributed by atoms with van der Waals surface area (Å²) in [6, 6.07) is 3.39. The maximum atomic E-state index is 12.0. The van der Waals surface area contributed by atoms with Gasteiger partial charge >= 0.3 is 6.36 Å². The minimum atomic E-state index is -4.81. The second kappa shape index (κ2) is 5.61. The quantitative estimate of drug-likeness (QED) is 0.818. The van der Waals surface area contributed by atoms with Crippen LogP contribution >= 0.6 is 0 Å². The zero-order chi connectivity index (χ0) is 13.8. The van der Waals surface area contributed by atoms with Crippen molar-refractivity contribution in [2.24, 2.45) is 0 Å². The predicted octanol–water partition coefficient (Wildman–Crippen LogP) is 2.31. The van der Waals surface area contributed by atoms with Gasteiger partial charge in [-0.2, -0.15) is 0 Å². The number of hydrogen-bond donors (Lipinski definition) is 2. The van der Waals surface area contributed by atoms with E-state index in [0.717, 1.165) is 18.6 Å². The number of carbonyl (C=O) groups is 1. The van der Waals surface area contributed by atoms with Gasteiger partial charge in [0.05, 0.1) is 5.69 Å². The molecular formula is C11H13F3N2O2. The van der Waals surface area contributed by atoms with Crippen LogP contribution in [-0.4, -0.2) is 18.8 Å². The van der Waals surface area contributed by atoms with E-state index >= 15 is 0 Å². The van der Waals surface area contributed by atoms with Crippen molar-refractivity contribution in [1.82, 2.24) is 5.32 Å². The number of anilines is 1. The number of nitrogens with one attached hydrogen (secondary N) is 1. The first-order valence-electron chi connectivity index (χ1n) is 5.27. The third kappa shape index (κ3) is 4.15. The first-order valence-corrected chi connectivity index (χ1v) is 5.27. The van der Waals surface area contributed by atoms with Crippen LogP contribution in [0.15, 0.2) is 18.2 Å². The van der Waals surface area contributed by atoms with E-state index in [1.165, 1.54) is 6.07 Å². The minimum Gasteiger partial charge on any atom is -0.404 e. The molecule has 0 fully saturated rings. The summed E-state index contributed by atoms with van der Waals surface area (Å²) in [5.41, 5.74) is 5.34.